The first kappa shape index (κ1) is 17.9. The van der Waals surface area contributed by atoms with E-state index in [9.17, 15) is 13.2 Å². The molecule has 1 aliphatic rings. The molecular weight excluding hydrogens is 312 g/mol. The first-order valence-electron chi connectivity index (χ1n) is 8.15. The molecule has 128 valence electrons. The summed E-state index contributed by atoms with van der Waals surface area (Å²) in [6.45, 7) is 5.81. The van der Waals surface area contributed by atoms with Gasteiger partial charge in [0.2, 0.25) is 10.0 Å². The van der Waals surface area contributed by atoms with E-state index in [0.717, 1.165) is 6.42 Å². The standard InChI is InChI=1S/C17H26N2O3S/c1-5-12(2)18-23(21,22)16-10-8-15(9-11-16)17(20)19(4)13(3)14-6-7-14/h8-14,18H,5-7H2,1-4H3. The molecule has 5 nitrogen and oxygen atoms in total. The van der Waals surface area contributed by atoms with Gasteiger partial charge in [-0.3, -0.25) is 4.79 Å². The maximum Gasteiger partial charge on any atom is 0.253 e. The fraction of sp³-hybridized carbons (Fsp3) is 0.588. The molecule has 0 aliphatic heterocycles. The van der Waals surface area contributed by atoms with Gasteiger partial charge in [0, 0.05) is 24.7 Å². The van der Waals surface area contributed by atoms with Crippen LogP contribution >= 0.6 is 0 Å². The van der Waals surface area contributed by atoms with E-state index >= 15 is 0 Å². The van der Waals surface area contributed by atoms with Gasteiger partial charge in [-0.1, -0.05) is 6.92 Å². The molecular formula is C17H26N2O3S. The molecule has 1 aromatic carbocycles. The van der Waals surface area contributed by atoms with E-state index in [4.69, 9.17) is 0 Å². The molecule has 6 heteroatoms. The van der Waals surface area contributed by atoms with E-state index in [0.29, 0.717) is 11.5 Å². The number of hydrogen-bond donors (Lipinski definition) is 1. The zero-order valence-corrected chi connectivity index (χ0v) is 15.1. The van der Waals surface area contributed by atoms with Crippen molar-refractivity contribution >= 4 is 15.9 Å². The van der Waals surface area contributed by atoms with Crippen molar-refractivity contribution < 1.29 is 13.2 Å². The van der Waals surface area contributed by atoms with E-state index < -0.39 is 10.0 Å². The predicted molar refractivity (Wildman–Crippen MR) is 90.8 cm³/mol. The average Bonchev–Trinajstić information content (AvgIpc) is 3.37. The fourth-order valence-corrected chi connectivity index (χ4v) is 3.80. The second-order valence-electron chi connectivity index (χ2n) is 6.45. The zero-order valence-electron chi connectivity index (χ0n) is 14.2. The van der Waals surface area contributed by atoms with Crippen molar-refractivity contribution in [2.75, 3.05) is 7.05 Å². The second kappa shape index (κ2) is 7.01. The molecule has 2 atom stereocenters. The lowest BCUT2D eigenvalue weighted by molar-refractivity contribution is 0.0727. The van der Waals surface area contributed by atoms with E-state index in [-0.39, 0.29) is 22.9 Å². The van der Waals surface area contributed by atoms with E-state index in [1.807, 2.05) is 13.8 Å². The van der Waals surface area contributed by atoms with Gasteiger partial charge in [0.15, 0.2) is 0 Å². The van der Waals surface area contributed by atoms with Crippen molar-refractivity contribution in [2.45, 2.75) is 57.0 Å². The summed E-state index contributed by atoms with van der Waals surface area (Å²) in [7, 11) is -1.72. The molecule has 1 amide bonds. The summed E-state index contributed by atoms with van der Waals surface area (Å²) in [6.07, 6.45) is 3.08. The van der Waals surface area contributed by atoms with Crippen molar-refractivity contribution in [2.24, 2.45) is 5.92 Å². The number of nitrogens with zero attached hydrogens (tertiary/aromatic N) is 1. The van der Waals surface area contributed by atoms with Crippen molar-refractivity contribution in [3.8, 4) is 0 Å². The number of hydrogen-bond acceptors (Lipinski definition) is 3. The third kappa shape index (κ3) is 4.32. The van der Waals surface area contributed by atoms with Gasteiger partial charge in [0.25, 0.3) is 5.91 Å². The van der Waals surface area contributed by atoms with Crippen LogP contribution in [-0.4, -0.2) is 38.4 Å². The molecule has 0 saturated heterocycles. The van der Waals surface area contributed by atoms with Crippen LogP contribution in [0.4, 0.5) is 0 Å². The van der Waals surface area contributed by atoms with Crippen LogP contribution in [0.3, 0.4) is 0 Å². The molecule has 1 fully saturated rings. The van der Waals surface area contributed by atoms with Gasteiger partial charge in [-0.05, 0) is 63.3 Å². The summed E-state index contributed by atoms with van der Waals surface area (Å²) in [6, 6.07) is 6.26. The van der Waals surface area contributed by atoms with Gasteiger partial charge in [-0.25, -0.2) is 13.1 Å². The smallest absolute Gasteiger partial charge is 0.253 e. The van der Waals surface area contributed by atoms with Crippen molar-refractivity contribution in [1.82, 2.24) is 9.62 Å². The zero-order chi connectivity index (χ0) is 17.2. The number of carbonyl (C=O) groups is 1. The van der Waals surface area contributed by atoms with Gasteiger partial charge in [-0.2, -0.15) is 0 Å². The fourth-order valence-electron chi connectivity index (χ4n) is 2.48. The molecule has 2 rings (SSSR count). The van der Waals surface area contributed by atoms with Gasteiger partial charge >= 0.3 is 0 Å². The van der Waals surface area contributed by atoms with Crippen molar-refractivity contribution in [3.05, 3.63) is 29.8 Å². The molecule has 0 heterocycles. The topological polar surface area (TPSA) is 66.5 Å². The van der Waals surface area contributed by atoms with E-state index in [2.05, 4.69) is 11.6 Å². The van der Waals surface area contributed by atoms with Crippen molar-refractivity contribution in [1.29, 1.82) is 0 Å². The molecule has 0 aromatic heterocycles. The van der Waals surface area contributed by atoms with Gasteiger partial charge in [0.05, 0.1) is 4.90 Å². The third-order valence-corrected chi connectivity index (χ3v) is 6.22. The van der Waals surface area contributed by atoms with Crippen LogP contribution in [0.5, 0.6) is 0 Å². The molecule has 23 heavy (non-hydrogen) atoms. The highest BCUT2D eigenvalue weighted by atomic mass is 32.2. The molecule has 2 unspecified atom stereocenters. The Bertz CT molecular complexity index is 651. The number of sulfonamides is 1. The first-order chi connectivity index (χ1) is 10.8. The highest BCUT2D eigenvalue weighted by molar-refractivity contribution is 7.89. The highest BCUT2D eigenvalue weighted by Gasteiger charge is 2.32. The Hall–Kier alpha value is -1.40. The molecule has 1 saturated carbocycles. The maximum absolute atomic E-state index is 12.5. The third-order valence-electron chi connectivity index (χ3n) is 4.62. The van der Waals surface area contributed by atoms with E-state index in [1.54, 1.807) is 24.1 Å². The lowest BCUT2D eigenvalue weighted by Crippen LogP contribution is -2.36. The van der Waals surface area contributed by atoms with Gasteiger partial charge < -0.3 is 4.90 Å². The minimum atomic E-state index is -3.53. The highest BCUT2D eigenvalue weighted by Crippen LogP contribution is 2.35. The molecule has 0 bridgehead atoms. The van der Waals surface area contributed by atoms with Crippen LogP contribution in [0.15, 0.2) is 29.2 Å². The summed E-state index contributed by atoms with van der Waals surface area (Å²) >= 11 is 0. The predicted octanol–water partition coefficient (Wildman–Crippen LogP) is 2.63. The molecule has 1 N–H and O–H groups in total. The summed E-state index contributed by atoms with van der Waals surface area (Å²) in [4.78, 5) is 14.4. The molecule has 1 aliphatic carbocycles. The average molecular weight is 338 g/mol. The number of amides is 1. The Balaban J connectivity index is 2.11. The number of benzene rings is 1. The molecule has 0 radical (unpaired) electrons. The maximum atomic E-state index is 12.5. The minimum Gasteiger partial charge on any atom is -0.339 e. The number of nitrogens with one attached hydrogen (secondary N) is 1. The van der Waals surface area contributed by atoms with Crippen LogP contribution < -0.4 is 4.72 Å². The summed E-state index contributed by atoms with van der Waals surface area (Å²) in [5.74, 6) is 0.534. The Morgan fingerprint density at radius 1 is 1.26 bits per heavy atom. The molecule has 0 spiro atoms. The Kier molecular flexibility index (Phi) is 5.47. The summed E-state index contributed by atoms with van der Waals surface area (Å²) in [5.41, 5.74) is 0.516. The summed E-state index contributed by atoms with van der Waals surface area (Å²) in [5, 5.41) is 0. The second-order valence-corrected chi connectivity index (χ2v) is 8.16. The van der Waals surface area contributed by atoms with Gasteiger partial charge in [-0.15, -0.1) is 0 Å². The Morgan fingerprint density at radius 3 is 2.30 bits per heavy atom. The van der Waals surface area contributed by atoms with Crippen LogP contribution in [0.2, 0.25) is 0 Å². The van der Waals surface area contributed by atoms with E-state index in [1.165, 1.54) is 25.0 Å². The number of rotatable bonds is 7. The monoisotopic (exact) mass is 338 g/mol. The number of carbonyl (C=O) groups excluding carboxylic acids is 1. The first-order valence-corrected chi connectivity index (χ1v) is 9.64. The van der Waals surface area contributed by atoms with Crippen LogP contribution in [0.25, 0.3) is 0 Å². The normalized spacial score (nSPS) is 17.6. The lowest BCUT2D eigenvalue weighted by Gasteiger charge is -2.25. The Labute approximate surface area is 139 Å². The minimum absolute atomic E-state index is 0.0665. The Morgan fingerprint density at radius 2 is 1.83 bits per heavy atom. The largest absolute Gasteiger partial charge is 0.339 e. The summed E-state index contributed by atoms with van der Waals surface area (Å²) < 4.78 is 27.0. The van der Waals surface area contributed by atoms with Crippen LogP contribution in [0, 0.1) is 5.92 Å². The lowest BCUT2D eigenvalue weighted by atomic mass is 10.1. The van der Waals surface area contributed by atoms with Crippen LogP contribution in [0.1, 0.15) is 50.4 Å². The SMILES string of the molecule is CCC(C)NS(=O)(=O)c1ccc(C(=O)N(C)C(C)C2CC2)cc1. The molecule has 1 aromatic rings. The van der Waals surface area contributed by atoms with Crippen LogP contribution in [-0.2, 0) is 10.0 Å². The van der Waals surface area contributed by atoms with Gasteiger partial charge in [0.1, 0.15) is 0 Å². The quantitative estimate of drug-likeness (QED) is 0.831. The van der Waals surface area contributed by atoms with Crippen molar-refractivity contribution in [3.63, 3.8) is 0 Å².